The van der Waals surface area contributed by atoms with Crippen molar-refractivity contribution in [2.75, 3.05) is 13.7 Å². The summed E-state index contributed by atoms with van der Waals surface area (Å²) < 4.78 is 11.6. The van der Waals surface area contributed by atoms with Gasteiger partial charge in [-0.25, -0.2) is 0 Å². The minimum absolute atomic E-state index is 0.00487. The van der Waals surface area contributed by atoms with Crippen molar-refractivity contribution >= 4 is 16.8 Å². The van der Waals surface area contributed by atoms with Gasteiger partial charge in [0.05, 0.1) is 31.9 Å². The molecule has 6 N–H and O–H groups in total. The fourth-order valence-electron chi connectivity index (χ4n) is 5.27. The van der Waals surface area contributed by atoms with Crippen LogP contribution in [-0.4, -0.2) is 45.9 Å². The third-order valence-corrected chi connectivity index (χ3v) is 7.76. The van der Waals surface area contributed by atoms with E-state index in [9.17, 15) is 20.1 Å². The van der Waals surface area contributed by atoms with Crippen molar-refractivity contribution in [2.24, 2.45) is 0 Å². The van der Waals surface area contributed by atoms with Crippen molar-refractivity contribution in [3.05, 3.63) is 125 Å². The summed E-state index contributed by atoms with van der Waals surface area (Å²) in [6.45, 7) is 2.69. The van der Waals surface area contributed by atoms with Crippen LogP contribution in [0.2, 0.25) is 0 Å². The smallest absolute Gasteiger partial charge is 0.268 e. The predicted octanol–water partition coefficient (Wildman–Crippen LogP) is 5.14. The zero-order valence-corrected chi connectivity index (χ0v) is 25.4. The van der Waals surface area contributed by atoms with Crippen molar-refractivity contribution in [1.82, 2.24) is 15.6 Å². The molecule has 0 spiro atoms. The molecule has 0 aliphatic carbocycles. The second-order valence-electron chi connectivity index (χ2n) is 11.1. The predicted molar refractivity (Wildman–Crippen MR) is 173 cm³/mol. The fraction of sp³-hybridized carbons (Fsp3) is 0.250. The number of phenols is 1. The molecule has 1 amide bonds. The lowest BCUT2D eigenvalue weighted by Crippen LogP contribution is -2.32. The van der Waals surface area contributed by atoms with Crippen molar-refractivity contribution in [2.45, 2.75) is 45.2 Å². The first-order chi connectivity index (χ1) is 21.8. The van der Waals surface area contributed by atoms with E-state index in [0.717, 1.165) is 27.6 Å². The van der Waals surface area contributed by atoms with E-state index in [4.69, 9.17) is 9.47 Å². The van der Waals surface area contributed by atoms with Gasteiger partial charge in [-0.05, 0) is 72.5 Å². The highest BCUT2D eigenvalue weighted by molar-refractivity contribution is 5.98. The maximum atomic E-state index is 13.2. The summed E-state index contributed by atoms with van der Waals surface area (Å²) >= 11 is 0. The molecule has 0 fully saturated rings. The van der Waals surface area contributed by atoms with Gasteiger partial charge in [-0.1, -0.05) is 48.5 Å². The van der Waals surface area contributed by atoms with Gasteiger partial charge in [0.15, 0.2) is 0 Å². The van der Waals surface area contributed by atoms with Gasteiger partial charge in [-0.15, -0.1) is 0 Å². The van der Waals surface area contributed by atoms with Gasteiger partial charge >= 0.3 is 0 Å². The number of H-pyrrole nitrogens is 1. The molecule has 9 nitrogen and oxygen atoms in total. The summed E-state index contributed by atoms with van der Waals surface area (Å²) in [5.74, 6) is 1.05. The molecule has 5 rings (SSSR count). The molecule has 5 aromatic rings. The van der Waals surface area contributed by atoms with E-state index >= 15 is 0 Å². The van der Waals surface area contributed by atoms with E-state index in [0.29, 0.717) is 47.9 Å². The number of rotatable bonds is 14. The second kappa shape index (κ2) is 14.8. The molecule has 0 aliphatic rings. The topological polar surface area (TPSA) is 136 Å². The number of aromatic hydroxyl groups is 1. The first-order valence-corrected chi connectivity index (χ1v) is 14.9. The Morgan fingerprint density at radius 3 is 2.51 bits per heavy atom. The third-order valence-electron chi connectivity index (χ3n) is 7.76. The van der Waals surface area contributed by atoms with E-state index in [-0.39, 0.29) is 30.9 Å². The number of fused-ring (bicyclic) bond motifs is 1. The lowest BCUT2D eigenvalue weighted by atomic mass is 10.0. The summed E-state index contributed by atoms with van der Waals surface area (Å²) in [7, 11) is 1.60. The second-order valence-corrected chi connectivity index (χ2v) is 11.1. The number of aliphatic hydroxyl groups is 2. The number of ether oxygens (including phenoxy) is 2. The number of hydrogen-bond donors (Lipinski definition) is 6. The maximum Gasteiger partial charge on any atom is 0.268 e. The van der Waals surface area contributed by atoms with Crippen molar-refractivity contribution in [1.29, 1.82) is 0 Å². The van der Waals surface area contributed by atoms with E-state index < -0.39 is 6.10 Å². The molecule has 0 radical (unpaired) electrons. The molecule has 2 atom stereocenters. The SMILES string of the molecule is COc1cccc(OCc2ccccc2)c1CNC(=O)c1cc2cc(CC(C)NCC(O)c3ccc(O)c(CO)c3)ccc2[nH]1. The number of carbonyl (C=O) groups is 1. The number of aliphatic hydroxyl groups excluding tert-OH is 2. The zero-order valence-electron chi connectivity index (χ0n) is 25.4. The van der Waals surface area contributed by atoms with Crippen LogP contribution in [0, 0.1) is 0 Å². The molecule has 0 bridgehead atoms. The van der Waals surface area contributed by atoms with Crippen LogP contribution in [0.5, 0.6) is 17.2 Å². The number of methoxy groups -OCH3 is 1. The molecule has 4 aromatic carbocycles. The Morgan fingerprint density at radius 1 is 0.933 bits per heavy atom. The first-order valence-electron chi connectivity index (χ1n) is 14.9. The molecule has 0 saturated carbocycles. The lowest BCUT2D eigenvalue weighted by molar-refractivity contribution is 0.0946. The molecule has 9 heteroatoms. The minimum atomic E-state index is -0.783. The average molecular weight is 610 g/mol. The molecular weight excluding hydrogens is 570 g/mol. The summed E-state index contributed by atoms with van der Waals surface area (Å²) in [6, 6.07) is 28.1. The van der Waals surface area contributed by atoms with Crippen LogP contribution in [0.15, 0.2) is 91.0 Å². The zero-order chi connectivity index (χ0) is 31.8. The Labute approximate surface area is 262 Å². The maximum absolute atomic E-state index is 13.2. The molecule has 0 saturated heterocycles. The van der Waals surface area contributed by atoms with Gasteiger partial charge in [-0.2, -0.15) is 0 Å². The van der Waals surface area contributed by atoms with E-state index in [2.05, 4.69) is 21.7 Å². The highest BCUT2D eigenvalue weighted by atomic mass is 16.5. The number of benzene rings is 4. The van der Waals surface area contributed by atoms with Gasteiger partial charge in [-0.3, -0.25) is 4.79 Å². The van der Waals surface area contributed by atoms with Crippen molar-refractivity contribution in [3.63, 3.8) is 0 Å². The Morgan fingerprint density at radius 2 is 1.73 bits per heavy atom. The van der Waals surface area contributed by atoms with Crippen LogP contribution >= 0.6 is 0 Å². The van der Waals surface area contributed by atoms with Gasteiger partial charge in [0, 0.05) is 29.1 Å². The highest BCUT2D eigenvalue weighted by Gasteiger charge is 2.16. The monoisotopic (exact) mass is 609 g/mol. The summed E-state index contributed by atoms with van der Waals surface area (Å²) in [4.78, 5) is 16.4. The van der Waals surface area contributed by atoms with Crippen molar-refractivity contribution < 1.29 is 29.6 Å². The third kappa shape index (κ3) is 8.02. The van der Waals surface area contributed by atoms with E-state index in [1.165, 1.54) is 6.07 Å². The Kier molecular flexibility index (Phi) is 10.4. The normalized spacial score (nSPS) is 12.5. The molecular formula is C36H39N3O6. The van der Waals surface area contributed by atoms with Crippen LogP contribution in [0.1, 0.15) is 51.3 Å². The van der Waals surface area contributed by atoms with Crippen LogP contribution < -0.4 is 20.1 Å². The molecule has 0 aliphatic heterocycles. The standard InChI is InChI=1S/C36H39N3O6/c1-23(37-20-33(42)26-12-14-32(41)28(17-26)21-40)15-25-11-13-30-27(16-25)18-31(39-30)36(43)38-19-29-34(44-2)9-6-10-35(29)45-22-24-7-4-3-5-8-24/h3-14,16-18,23,33,37,39-42H,15,19-22H2,1-2H3,(H,38,43). The number of nitrogens with one attached hydrogen (secondary N) is 3. The Bertz CT molecular complexity index is 1740. The van der Waals surface area contributed by atoms with Crippen LogP contribution in [0.3, 0.4) is 0 Å². The minimum Gasteiger partial charge on any atom is -0.508 e. The van der Waals surface area contributed by atoms with Gasteiger partial charge in [0.1, 0.15) is 29.5 Å². The fourth-order valence-corrected chi connectivity index (χ4v) is 5.27. The quantitative estimate of drug-likeness (QED) is 0.103. The molecule has 1 heterocycles. The van der Waals surface area contributed by atoms with Crippen LogP contribution in [0.4, 0.5) is 0 Å². The Balaban J connectivity index is 1.18. The Hall–Kier alpha value is -4.83. The van der Waals surface area contributed by atoms with Gasteiger partial charge in [0.2, 0.25) is 0 Å². The number of aromatic amines is 1. The summed E-state index contributed by atoms with van der Waals surface area (Å²) in [6.07, 6.45) is -0.0687. The first kappa shape index (κ1) is 31.6. The van der Waals surface area contributed by atoms with Crippen LogP contribution in [0.25, 0.3) is 10.9 Å². The molecule has 234 valence electrons. The van der Waals surface area contributed by atoms with E-state index in [1.54, 1.807) is 19.2 Å². The van der Waals surface area contributed by atoms with Crippen molar-refractivity contribution in [3.8, 4) is 17.2 Å². The van der Waals surface area contributed by atoms with Gasteiger partial charge in [0.25, 0.3) is 5.91 Å². The number of hydrogen-bond acceptors (Lipinski definition) is 7. The number of aromatic nitrogens is 1. The molecule has 1 aromatic heterocycles. The highest BCUT2D eigenvalue weighted by Crippen LogP contribution is 2.29. The molecule has 45 heavy (non-hydrogen) atoms. The lowest BCUT2D eigenvalue weighted by Gasteiger charge is -2.18. The largest absolute Gasteiger partial charge is 0.508 e. The summed E-state index contributed by atoms with van der Waals surface area (Å²) in [5.41, 5.74) is 5.20. The number of carbonyl (C=O) groups excluding carboxylic acids is 1. The molecule has 2 unspecified atom stereocenters. The summed E-state index contributed by atoms with van der Waals surface area (Å²) in [5, 5.41) is 37.0. The number of amides is 1. The van der Waals surface area contributed by atoms with Crippen LogP contribution in [-0.2, 0) is 26.2 Å². The van der Waals surface area contributed by atoms with Gasteiger partial charge < -0.3 is 40.4 Å². The van der Waals surface area contributed by atoms with E-state index in [1.807, 2.05) is 73.7 Å². The average Bonchev–Trinajstić information content (AvgIpc) is 3.49.